The van der Waals surface area contributed by atoms with Crippen LogP contribution in [0.2, 0.25) is 0 Å². The molecule has 0 saturated carbocycles. The molecule has 1 N–H and O–H groups in total. The number of aryl methyl sites for hydroxylation is 1. The number of hydrogen-bond acceptors (Lipinski definition) is 1. The molecule has 1 aromatic rings. The van der Waals surface area contributed by atoms with Crippen molar-refractivity contribution in [2.45, 2.75) is 13.5 Å². The Balaban J connectivity index is 0.00000196. The van der Waals surface area contributed by atoms with E-state index in [0.717, 1.165) is 11.9 Å². The van der Waals surface area contributed by atoms with Gasteiger partial charge in [-0.05, 0) is 13.0 Å². The van der Waals surface area contributed by atoms with Crippen LogP contribution < -0.4 is 26.9 Å². The second-order valence-corrected chi connectivity index (χ2v) is 3.67. The van der Waals surface area contributed by atoms with E-state index in [0.29, 0.717) is 12.1 Å². The Hall–Kier alpha value is -0.420. The molecule has 1 amide bonds. The van der Waals surface area contributed by atoms with Gasteiger partial charge in [-0.15, -0.1) is 0 Å². The Labute approximate surface area is 109 Å². The number of aromatic nitrogens is 1. The summed E-state index contributed by atoms with van der Waals surface area (Å²) in [6.07, 6.45) is 3.80. The van der Waals surface area contributed by atoms with Gasteiger partial charge in [0, 0.05) is 12.6 Å². The zero-order valence-electron chi connectivity index (χ0n) is 8.54. The highest BCUT2D eigenvalue weighted by Gasteiger charge is 2.08. The molecule has 0 saturated heterocycles. The van der Waals surface area contributed by atoms with E-state index in [4.69, 9.17) is 0 Å². The maximum absolute atomic E-state index is 11.5. The molecule has 5 heteroatoms. The van der Waals surface area contributed by atoms with E-state index in [1.165, 1.54) is 0 Å². The number of nitrogens with one attached hydrogen (secondary N) is 1. The van der Waals surface area contributed by atoms with Gasteiger partial charge in [0.1, 0.15) is 5.56 Å². The molecule has 0 unspecified atom stereocenters. The lowest BCUT2D eigenvalue weighted by molar-refractivity contribution is -0.692. The zero-order chi connectivity index (χ0) is 10.4. The van der Waals surface area contributed by atoms with Crippen LogP contribution in [0.4, 0.5) is 0 Å². The van der Waals surface area contributed by atoms with Gasteiger partial charge in [-0.3, -0.25) is 4.79 Å². The van der Waals surface area contributed by atoms with Gasteiger partial charge in [0.2, 0.25) is 0 Å². The summed E-state index contributed by atoms with van der Waals surface area (Å²) in [5, 5.41) is 3.65. The molecule has 0 aliphatic rings. The number of rotatable bonds is 4. The molecular formula is C10H14Br2N2O. The van der Waals surface area contributed by atoms with Crippen LogP contribution in [0.15, 0.2) is 24.5 Å². The summed E-state index contributed by atoms with van der Waals surface area (Å²) in [6.45, 7) is 3.44. The van der Waals surface area contributed by atoms with E-state index in [2.05, 4.69) is 21.2 Å². The molecule has 1 rings (SSSR count). The molecule has 3 nitrogen and oxygen atoms in total. The summed E-state index contributed by atoms with van der Waals surface area (Å²) in [6, 6.07) is 3.70. The SMILES string of the molecule is CCNC(=O)c1ccc[n+](CCBr)c1.[Br-]. The fourth-order valence-corrected chi connectivity index (χ4v) is 1.57. The molecule has 0 bridgehead atoms. The molecule has 0 aliphatic carbocycles. The van der Waals surface area contributed by atoms with Crippen molar-refractivity contribution in [3.8, 4) is 0 Å². The fraction of sp³-hybridized carbons (Fsp3) is 0.400. The topological polar surface area (TPSA) is 33.0 Å². The molecule has 0 aromatic carbocycles. The maximum atomic E-state index is 11.5. The first-order chi connectivity index (χ1) is 6.77. The highest BCUT2D eigenvalue weighted by Crippen LogP contribution is 1.94. The number of amides is 1. The van der Waals surface area contributed by atoms with Gasteiger partial charge in [0.05, 0.1) is 5.33 Å². The molecule has 84 valence electrons. The normalized spacial score (nSPS) is 9.20. The van der Waals surface area contributed by atoms with Crippen LogP contribution in [0, 0.1) is 0 Å². The second kappa shape index (κ2) is 7.82. The number of halogens is 2. The van der Waals surface area contributed by atoms with Gasteiger partial charge in [-0.25, -0.2) is 4.57 Å². The van der Waals surface area contributed by atoms with E-state index in [1.807, 2.05) is 36.0 Å². The average molecular weight is 338 g/mol. The van der Waals surface area contributed by atoms with Crippen LogP contribution in [0.5, 0.6) is 0 Å². The molecule has 0 fully saturated rings. The van der Waals surface area contributed by atoms with Crippen molar-refractivity contribution >= 4 is 21.8 Å². The van der Waals surface area contributed by atoms with Crippen molar-refractivity contribution < 1.29 is 26.3 Å². The van der Waals surface area contributed by atoms with Gasteiger partial charge in [0.25, 0.3) is 5.91 Å². The fourth-order valence-electron chi connectivity index (χ4n) is 1.16. The third-order valence-electron chi connectivity index (χ3n) is 1.80. The first-order valence-electron chi connectivity index (χ1n) is 4.61. The van der Waals surface area contributed by atoms with Crippen LogP contribution >= 0.6 is 15.9 Å². The van der Waals surface area contributed by atoms with Gasteiger partial charge in [-0.1, -0.05) is 15.9 Å². The Morgan fingerprint density at radius 1 is 1.60 bits per heavy atom. The molecule has 15 heavy (non-hydrogen) atoms. The number of carbonyl (C=O) groups excluding carboxylic acids is 1. The Kier molecular flexibility index (Phi) is 7.60. The minimum Gasteiger partial charge on any atom is -1.00 e. The number of alkyl halides is 1. The van der Waals surface area contributed by atoms with Crippen LogP contribution in [0.25, 0.3) is 0 Å². The quantitative estimate of drug-likeness (QED) is 0.506. The first kappa shape index (κ1) is 14.6. The third-order valence-corrected chi connectivity index (χ3v) is 2.16. The molecule has 1 heterocycles. The van der Waals surface area contributed by atoms with Crippen LogP contribution in [0.3, 0.4) is 0 Å². The van der Waals surface area contributed by atoms with E-state index in [1.54, 1.807) is 0 Å². The molecule has 1 aromatic heterocycles. The van der Waals surface area contributed by atoms with E-state index in [9.17, 15) is 4.79 Å². The Morgan fingerprint density at radius 2 is 2.33 bits per heavy atom. The van der Waals surface area contributed by atoms with Crippen molar-refractivity contribution in [2.24, 2.45) is 0 Å². The highest BCUT2D eigenvalue weighted by atomic mass is 79.9. The minimum atomic E-state index is -0.0172. The number of nitrogens with zero attached hydrogens (tertiary/aromatic N) is 1. The Morgan fingerprint density at radius 3 is 2.93 bits per heavy atom. The lowest BCUT2D eigenvalue weighted by atomic mass is 10.2. The van der Waals surface area contributed by atoms with E-state index in [-0.39, 0.29) is 22.9 Å². The zero-order valence-corrected chi connectivity index (χ0v) is 11.7. The number of carbonyl (C=O) groups is 1. The molecule has 0 atom stereocenters. The number of hydrogen-bond donors (Lipinski definition) is 1. The van der Waals surface area contributed by atoms with Crippen molar-refractivity contribution in [1.29, 1.82) is 0 Å². The summed E-state index contributed by atoms with van der Waals surface area (Å²) >= 11 is 3.36. The van der Waals surface area contributed by atoms with Crippen molar-refractivity contribution in [3.05, 3.63) is 30.1 Å². The summed E-state index contributed by atoms with van der Waals surface area (Å²) in [4.78, 5) is 11.5. The summed E-state index contributed by atoms with van der Waals surface area (Å²) in [5.74, 6) is -0.0172. The van der Waals surface area contributed by atoms with Crippen molar-refractivity contribution in [1.82, 2.24) is 5.32 Å². The van der Waals surface area contributed by atoms with Crippen LogP contribution in [0.1, 0.15) is 17.3 Å². The van der Waals surface area contributed by atoms with Gasteiger partial charge < -0.3 is 22.3 Å². The first-order valence-corrected chi connectivity index (χ1v) is 5.73. The van der Waals surface area contributed by atoms with Crippen molar-refractivity contribution in [3.63, 3.8) is 0 Å². The maximum Gasteiger partial charge on any atom is 0.257 e. The summed E-state index contributed by atoms with van der Waals surface area (Å²) < 4.78 is 1.99. The minimum absolute atomic E-state index is 0. The predicted octanol–water partition coefficient (Wildman–Crippen LogP) is -1.88. The lowest BCUT2D eigenvalue weighted by Crippen LogP contribution is -3.00. The molecule has 0 radical (unpaired) electrons. The monoisotopic (exact) mass is 336 g/mol. The van der Waals surface area contributed by atoms with Crippen molar-refractivity contribution in [2.75, 3.05) is 11.9 Å². The van der Waals surface area contributed by atoms with Crippen LogP contribution in [-0.2, 0) is 6.54 Å². The second-order valence-electron chi connectivity index (χ2n) is 2.88. The Bertz CT molecular complexity index is 318. The summed E-state index contributed by atoms with van der Waals surface area (Å²) in [7, 11) is 0. The lowest BCUT2D eigenvalue weighted by Gasteiger charge is -2.00. The smallest absolute Gasteiger partial charge is 0.257 e. The van der Waals surface area contributed by atoms with Gasteiger partial charge >= 0.3 is 0 Å². The highest BCUT2D eigenvalue weighted by molar-refractivity contribution is 9.09. The van der Waals surface area contributed by atoms with Gasteiger partial charge in [0.15, 0.2) is 18.9 Å². The van der Waals surface area contributed by atoms with E-state index >= 15 is 0 Å². The molecular weight excluding hydrogens is 324 g/mol. The number of pyridine rings is 1. The average Bonchev–Trinajstić information content (AvgIpc) is 2.19. The molecule has 0 spiro atoms. The van der Waals surface area contributed by atoms with Crippen LogP contribution in [-0.4, -0.2) is 17.8 Å². The van der Waals surface area contributed by atoms with Gasteiger partial charge in [-0.2, -0.15) is 0 Å². The summed E-state index contributed by atoms with van der Waals surface area (Å²) in [5.41, 5.74) is 0.704. The molecule has 0 aliphatic heterocycles. The largest absolute Gasteiger partial charge is 1.00 e. The predicted molar refractivity (Wildman–Crippen MR) is 58.4 cm³/mol. The standard InChI is InChI=1S/C10H13BrN2O.BrH/c1-2-12-10(14)9-4-3-6-13(8-9)7-5-11;/h3-4,6,8H,2,5,7H2,1H3;1H. The third kappa shape index (κ3) is 4.75. The van der Waals surface area contributed by atoms with E-state index < -0.39 is 0 Å².